The van der Waals surface area contributed by atoms with Crippen molar-refractivity contribution in [1.82, 2.24) is 19.9 Å². The molecule has 0 aliphatic carbocycles. The SMILES string of the molecule is CCOC(=O)c1sc2ncnc(Nc3ccc(C)cc3)c2c1C.CCOC(=O)c1sc2ncnc(Nc3ccccc3)c2c1C. The minimum Gasteiger partial charge on any atom is -0.462 e. The Morgan fingerprint density at radius 2 is 1.09 bits per heavy atom. The van der Waals surface area contributed by atoms with Gasteiger partial charge in [-0.3, -0.25) is 0 Å². The number of thiophene rings is 2. The van der Waals surface area contributed by atoms with Gasteiger partial charge in [0, 0.05) is 11.4 Å². The van der Waals surface area contributed by atoms with Gasteiger partial charge < -0.3 is 20.1 Å². The second-order valence-corrected chi connectivity index (χ2v) is 11.8. The van der Waals surface area contributed by atoms with E-state index in [1.54, 1.807) is 13.8 Å². The smallest absolute Gasteiger partial charge is 0.348 e. The van der Waals surface area contributed by atoms with Crippen LogP contribution < -0.4 is 10.6 Å². The number of aromatic nitrogens is 4. The predicted molar refractivity (Wildman–Crippen MR) is 180 cm³/mol. The lowest BCUT2D eigenvalue weighted by molar-refractivity contribution is 0.0521. The van der Waals surface area contributed by atoms with Gasteiger partial charge in [0.05, 0.1) is 24.0 Å². The van der Waals surface area contributed by atoms with Crippen LogP contribution in [0.15, 0.2) is 67.3 Å². The molecule has 0 radical (unpaired) electrons. The molecule has 0 amide bonds. The van der Waals surface area contributed by atoms with Crippen molar-refractivity contribution in [2.24, 2.45) is 0 Å². The van der Waals surface area contributed by atoms with E-state index in [0.29, 0.717) is 34.6 Å². The summed E-state index contributed by atoms with van der Waals surface area (Å²) in [5.74, 6) is 0.770. The molecule has 4 heterocycles. The Kier molecular flexibility index (Phi) is 9.95. The van der Waals surface area contributed by atoms with Crippen LogP contribution in [0.25, 0.3) is 20.4 Å². The molecular weight excluding hydrogens is 609 g/mol. The first kappa shape index (κ1) is 31.5. The zero-order valence-electron chi connectivity index (χ0n) is 25.5. The van der Waals surface area contributed by atoms with Gasteiger partial charge in [-0.15, -0.1) is 22.7 Å². The van der Waals surface area contributed by atoms with Gasteiger partial charge in [-0.05, 0) is 70.0 Å². The fourth-order valence-corrected chi connectivity index (χ4v) is 6.63. The highest BCUT2D eigenvalue weighted by molar-refractivity contribution is 7.21. The first-order chi connectivity index (χ1) is 21.8. The second-order valence-electron chi connectivity index (χ2n) is 9.84. The first-order valence-corrected chi connectivity index (χ1v) is 15.9. The third kappa shape index (κ3) is 7.08. The number of carbonyl (C=O) groups excluding carboxylic acids is 2. The van der Waals surface area contributed by atoms with Crippen molar-refractivity contribution < 1.29 is 19.1 Å². The van der Waals surface area contributed by atoms with E-state index in [-0.39, 0.29) is 11.9 Å². The normalized spacial score (nSPS) is 10.7. The van der Waals surface area contributed by atoms with Gasteiger partial charge in [-0.2, -0.15) is 0 Å². The highest BCUT2D eigenvalue weighted by atomic mass is 32.1. The molecule has 0 spiro atoms. The quantitative estimate of drug-likeness (QED) is 0.157. The van der Waals surface area contributed by atoms with Crippen LogP contribution in [-0.2, 0) is 9.47 Å². The summed E-state index contributed by atoms with van der Waals surface area (Å²) in [7, 11) is 0. The number of rotatable bonds is 8. The molecule has 0 unspecified atom stereocenters. The fraction of sp³-hybridized carbons (Fsp3) is 0.212. The molecule has 0 bridgehead atoms. The van der Waals surface area contributed by atoms with Crippen molar-refractivity contribution in [1.29, 1.82) is 0 Å². The molecule has 0 fully saturated rings. The van der Waals surface area contributed by atoms with Crippen molar-refractivity contribution >= 4 is 78.1 Å². The molecule has 0 atom stereocenters. The van der Waals surface area contributed by atoms with Gasteiger partial charge in [-0.25, -0.2) is 29.5 Å². The fourth-order valence-electron chi connectivity index (χ4n) is 4.55. The van der Waals surface area contributed by atoms with Crippen molar-refractivity contribution in [3.05, 3.63) is 93.7 Å². The summed E-state index contributed by atoms with van der Waals surface area (Å²) in [6, 6.07) is 17.8. The Bertz CT molecular complexity index is 1960. The molecule has 0 aliphatic rings. The molecule has 0 aliphatic heterocycles. The molecule has 0 saturated heterocycles. The summed E-state index contributed by atoms with van der Waals surface area (Å²) in [6.07, 6.45) is 3.00. The molecule has 10 nitrogen and oxygen atoms in total. The average Bonchev–Trinajstić information content (AvgIpc) is 3.57. The summed E-state index contributed by atoms with van der Waals surface area (Å²) in [6.45, 7) is 10.1. The van der Waals surface area contributed by atoms with Gasteiger partial charge in [0.2, 0.25) is 0 Å². The standard InChI is InChI=1S/C17H17N3O2S.C16H15N3O2S/c1-4-22-17(21)14-11(3)13-15(18-9-19-16(13)23-14)20-12-7-5-10(2)6-8-12;1-3-21-16(20)13-10(2)12-14(17-9-18-15(12)22-13)19-11-7-5-4-6-8-11/h5-9H,4H2,1-3H3,(H,18,19,20);4-9H,3H2,1-2H3,(H,17,18,19). The maximum absolute atomic E-state index is 12.1. The van der Waals surface area contributed by atoms with Gasteiger partial charge in [0.1, 0.15) is 43.7 Å². The van der Waals surface area contributed by atoms with Gasteiger partial charge in [-0.1, -0.05) is 35.9 Å². The molecular formula is C33H32N6O4S2. The Balaban J connectivity index is 0.000000178. The summed E-state index contributed by atoms with van der Waals surface area (Å²) in [5.41, 5.74) is 4.76. The van der Waals surface area contributed by atoms with E-state index in [4.69, 9.17) is 9.47 Å². The van der Waals surface area contributed by atoms with E-state index in [2.05, 4.69) is 30.6 Å². The third-order valence-corrected chi connectivity index (χ3v) is 9.09. The Hall–Kier alpha value is -4.94. The number of aryl methyl sites for hydroxylation is 3. The van der Waals surface area contributed by atoms with Crippen LogP contribution in [0.3, 0.4) is 0 Å². The second kappa shape index (κ2) is 14.2. The lowest BCUT2D eigenvalue weighted by Gasteiger charge is -2.07. The number of benzene rings is 2. The van der Waals surface area contributed by atoms with Crippen LogP contribution in [0.4, 0.5) is 23.0 Å². The number of hydrogen-bond acceptors (Lipinski definition) is 12. The number of fused-ring (bicyclic) bond motifs is 2. The molecule has 12 heteroatoms. The summed E-state index contributed by atoms with van der Waals surface area (Å²) in [5, 5.41) is 8.30. The van der Waals surface area contributed by atoms with Crippen molar-refractivity contribution in [3.8, 4) is 0 Å². The molecule has 2 N–H and O–H groups in total. The zero-order valence-corrected chi connectivity index (χ0v) is 27.1. The number of ether oxygens (including phenoxy) is 2. The maximum Gasteiger partial charge on any atom is 0.348 e. The van der Waals surface area contributed by atoms with Crippen LogP contribution in [0.5, 0.6) is 0 Å². The predicted octanol–water partition coefficient (Wildman–Crippen LogP) is 8.15. The zero-order chi connectivity index (χ0) is 31.9. The average molecular weight is 641 g/mol. The van der Waals surface area contributed by atoms with E-state index in [1.807, 2.05) is 75.4 Å². The Morgan fingerprint density at radius 3 is 1.53 bits per heavy atom. The number of anilines is 4. The van der Waals surface area contributed by atoms with Crippen LogP contribution in [0, 0.1) is 20.8 Å². The van der Waals surface area contributed by atoms with Crippen molar-refractivity contribution in [2.45, 2.75) is 34.6 Å². The third-order valence-electron chi connectivity index (χ3n) is 6.73. The number of hydrogen-bond donors (Lipinski definition) is 2. The lowest BCUT2D eigenvalue weighted by Crippen LogP contribution is -2.03. The minimum absolute atomic E-state index is 0.311. The van der Waals surface area contributed by atoms with E-state index >= 15 is 0 Å². The van der Waals surface area contributed by atoms with E-state index in [1.165, 1.54) is 40.9 Å². The molecule has 4 aromatic heterocycles. The first-order valence-electron chi connectivity index (χ1n) is 14.3. The Morgan fingerprint density at radius 1 is 0.644 bits per heavy atom. The molecule has 6 rings (SSSR count). The number of nitrogens with one attached hydrogen (secondary N) is 2. The van der Waals surface area contributed by atoms with Crippen LogP contribution in [0.1, 0.15) is 49.9 Å². The van der Waals surface area contributed by atoms with E-state index in [0.717, 1.165) is 42.9 Å². The number of carbonyl (C=O) groups is 2. The van der Waals surface area contributed by atoms with Gasteiger partial charge >= 0.3 is 11.9 Å². The molecule has 230 valence electrons. The van der Waals surface area contributed by atoms with Gasteiger partial charge in [0.25, 0.3) is 0 Å². The number of nitrogens with zero attached hydrogens (tertiary/aromatic N) is 4. The topological polar surface area (TPSA) is 128 Å². The van der Waals surface area contributed by atoms with Crippen LogP contribution >= 0.6 is 22.7 Å². The van der Waals surface area contributed by atoms with Crippen molar-refractivity contribution in [2.75, 3.05) is 23.8 Å². The van der Waals surface area contributed by atoms with Crippen LogP contribution in [-0.4, -0.2) is 45.1 Å². The molecule has 6 aromatic rings. The summed E-state index contributed by atoms with van der Waals surface area (Å²) in [4.78, 5) is 44.0. The van der Waals surface area contributed by atoms with Crippen LogP contribution in [0.2, 0.25) is 0 Å². The van der Waals surface area contributed by atoms with E-state index in [9.17, 15) is 9.59 Å². The largest absolute Gasteiger partial charge is 0.462 e. The van der Waals surface area contributed by atoms with Crippen molar-refractivity contribution in [3.63, 3.8) is 0 Å². The monoisotopic (exact) mass is 640 g/mol. The van der Waals surface area contributed by atoms with Gasteiger partial charge in [0.15, 0.2) is 0 Å². The summed E-state index contributed by atoms with van der Waals surface area (Å²) < 4.78 is 10.2. The molecule has 0 saturated carbocycles. The lowest BCUT2D eigenvalue weighted by atomic mass is 10.2. The molecule has 45 heavy (non-hydrogen) atoms. The molecule has 2 aromatic carbocycles. The summed E-state index contributed by atoms with van der Waals surface area (Å²) >= 11 is 2.66. The van der Waals surface area contributed by atoms with E-state index < -0.39 is 0 Å². The number of para-hydroxylation sites is 1. The maximum atomic E-state index is 12.1. The Labute approximate surface area is 268 Å². The minimum atomic E-state index is -0.311. The highest BCUT2D eigenvalue weighted by Crippen LogP contribution is 2.36. The highest BCUT2D eigenvalue weighted by Gasteiger charge is 2.21. The number of esters is 2.